The van der Waals surface area contributed by atoms with Gasteiger partial charge in [0.25, 0.3) is 0 Å². The number of hydrogen-bond acceptors (Lipinski definition) is 5. The molecule has 0 amide bonds. The van der Waals surface area contributed by atoms with Crippen molar-refractivity contribution in [3.05, 3.63) is 17.6 Å². The number of carbonyl (C=O) groups is 1. The smallest absolute Gasteiger partial charge is 0.343 e. The summed E-state index contributed by atoms with van der Waals surface area (Å²) < 4.78 is 5.22. The van der Waals surface area contributed by atoms with Crippen LogP contribution < -0.4 is 4.90 Å². The third-order valence-electron chi connectivity index (χ3n) is 4.05. The summed E-state index contributed by atoms with van der Waals surface area (Å²) in [6, 6.07) is 0.333. The van der Waals surface area contributed by atoms with E-state index in [1.165, 1.54) is 0 Å². The number of rotatable bonds is 11. The molecule has 0 aliphatic heterocycles. The Bertz CT molecular complexity index is 505. The Morgan fingerprint density at radius 1 is 1.21 bits per heavy atom. The zero-order valence-electron chi connectivity index (χ0n) is 16.0. The molecule has 0 spiro atoms. The zero-order valence-corrected chi connectivity index (χ0v) is 16.0. The first-order valence-electron chi connectivity index (χ1n) is 9.38. The molecule has 0 aliphatic rings. The van der Waals surface area contributed by atoms with E-state index in [0.29, 0.717) is 18.2 Å². The van der Waals surface area contributed by atoms with Crippen LogP contribution in [0.3, 0.4) is 0 Å². The van der Waals surface area contributed by atoms with Crippen molar-refractivity contribution in [2.24, 2.45) is 0 Å². The van der Waals surface area contributed by atoms with E-state index in [0.717, 1.165) is 56.7 Å². The number of carbonyl (C=O) groups excluding carboxylic acids is 1. The maximum Gasteiger partial charge on any atom is 0.343 e. The number of ether oxygens (including phenoxy) is 1. The maximum absolute atomic E-state index is 12.4. The molecule has 0 aromatic carbocycles. The molecule has 1 aromatic rings. The molecule has 0 saturated heterocycles. The van der Waals surface area contributed by atoms with Crippen molar-refractivity contribution in [1.82, 2.24) is 9.97 Å². The third kappa shape index (κ3) is 5.77. The standard InChI is InChI=1S/C19H33N3O2/c1-6-10-13-22(15(5)11-7-2)18-16(19(23)24-9-4)14-20-17(21-18)12-8-3/h14-15H,6-13H2,1-5H3. The summed E-state index contributed by atoms with van der Waals surface area (Å²) in [5, 5.41) is 0. The molecule has 0 N–H and O–H groups in total. The molecule has 1 atom stereocenters. The lowest BCUT2D eigenvalue weighted by Gasteiger charge is -2.31. The molecule has 136 valence electrons. The minimum Gasteiger partial charge on any atom is -0.462 e. The summed E-state index contributed by atoms with van der Waals surface area (Å²) >= 11 is 0. The molecule has 5 nitrogen and oxygen atoms in total. The Kier molecular flexibility index (Phi) is 9.35. The van der Waals surface area contributed by atoms with Gasteiger partial charge in [0.1, 0.15) is 17.2 Å². The number of nitrogens with zero attached hydrogens (tertiary/aromatic N) is 3. The SMILES string of the molecule is CCCCN(c1nc(CCC)ncc1C(=O)OCC)C(C)CCC. The molecule has 0 fully saturated rings. The van der Waals surface area contributed by atoms with Crippen LogP contribution in [-0.2, 0) is 11.2 Å². The van der Waals surface area contributed by atoms with Gasteiger partial charge >= 0.3 is 5.97 Å². The van der Waals surface area contributed by atoms with Crippen LogP contribution in [0.4, 0.5) is 5.82 Å². The average molecular weight is 335 g/mol. The summed E-state index contributed by atoms with van der Waals surface area (Å²) in [6.45, 7) is 11.7. The Morgan fingerprint density at radius 3 is 2.54 bits per heavy atom. The lowest BCUT2D eigenvalue weighted by Crippen LogP contribution is -2.36. The molecule has 0 aliphatic carbocycles. The van der Waals surface area contributed by atoms with Gasteiger partial charge < -0.3 is 9.64 Å². The molecule has 0 bridgehead atoms. The van der Waals surface area contributed by atoms with Gasteiger partial charge in [0.05, 0.1) is 6.61 Å². The maximum atomic E-state index is 12.4. The van der Waals surface area contributed by atoms with E-state index >= 15 is 0 Å². The fraction of sp³-hybridized carbons (Fsp3) is 0.737. The number of unbranched alkanes of at least 4 members (excludes halogenated alkanes) is 1. The third-order valence-corrected chi connectivity index (χ3v) is 4.05. The van der Waals surface area contributed by atoms with Gasteiger partial charge in [0.15, 0.2) is 0 Å². The van der Waals surface area contributed by atoms with Crippen LogP contribution in [0.25, 0.3) is 0 Å². The van der Waals surface area contributed by atoms with Gasteiger partial charge in [0.2, 0.25) is 0 Å². The Morgan fingerprint density at radius 2 is 1.96 bits per heavy atom. The predicted octanol–water partition coefficient (Wildman–Crippen LogP) is 4.40. The highest BCUT2D eigenvalue weighted by atomic mass is 16.5. The van der Waals surface area contributed by atoms with E-state index in [-0.39, 0.29) is 5.97 Å². The van der Waals surface area contributed by atoms with Gasteiger partial charge in [0, 0.05) is 25.2 Å². The lowest BCUT2D eigenvalue weighted by atomic mass is 10.1. The highest BCUT2D eigenvalue weighted by Gasteiger charge is 2.23. The van der Waals surface area contributed by atoms with E-state index in [9.17, 15) is 4.79 Å². The molecule has 1 unspecified atom stereocenters. The van der Waals surface area contributed by atoms with Crippen LogP contribution >= 0.6 is 0 Å². The van der Waals surface area contributed by atoms with E-state index in [2.05, 4.69) is 37.6 Å². The van der Waals surface area contributed by atoms with Crippen molar-refractivity contribution in [3.8, 4) is 0 Å². The molecule has 0 radical (unpaired) electrons. The molecule has 0 saturated carbocycles. The van der Waals surface area contributed by atoms with Gasteiger partial charge in [-0.15, -0.1) is 0 Å². The Balaban J connectivity index is 3.27. The highest BCUT2D eigenvalue weighted by molar-refractivity contribution is 5.94. The molecular weight excluding hydrogens is 302 g/mol. The fourth-order valence-electron chi connectivity index (χ4n) is 2.76. The van der Waals surface area contributed by atoms with E-state index < -0.39 is 0 Å². The summed E-state index contributed by atoms with van der Waals surface area (Å²) in [7, 11) is 0. The van der Waals surface area contributed by atoms with Gasteiger partial charge in [-0.1, -0.05) is 33.6 Å². The second kappa shape index (κ2) is 11.0. The second-order valence-electron chi connectivity index (χ2n) is 6.18. The number of anilines is 1. The molecule has 1 aromatic heterocycles. The normalized spacial score (nSPS) is 12.0. The van der Waals surface area contributed by atoms with Gasteiger partial charge in [-0.2, -0.15) is 0 Å². The minimum atomic E-state index is -0.333. The van der Waals surface area contributed by atoms with Crippen LogP contribution in [0.2, 0.25) is 0 Å². The summed E-state index contributed by atoms with van der Waals surface area (Å²) in [4.78, 5) is 23.7. The first-order valence-corrected chi connectivity index (χ1v) is 9.38. The molecular formula is C19H33N3O2. The average Bonchev–Trinajstić information content (AvgIpc) is 2.56. The van der Waals surface area contributed by atoms with Crippen molar-refractivity contribution >= 4 is 11.8 Å². The van der Waals surface area contributed by atoms with Gasteiger partial charge in [-0.25, -0.2) is 14.8 Å². The molecule has 24 heavy (non-hydrogen) atoms. The minimum absolute atomic E-state index is 0.333. The van der Waals surface area contributed by atoms with Gasteiger partial charge in [-0.3, -0.25) is 0 Å². The monoisotopic (exact) mass is 335 g/mol. The quantitative estimate of drug-likeness (QED) is 0.561. The van der Waals surface area contributed by atoms with Crippen molar-refractivity contribution in [1.29, 1.82) is 0 Å². The zero-order chi connectivity index (χ0) is 17.9. The summed E-state index contributed by atoms with van der Waals surface area (Å²) in [5.41, 5.74) is 0.482. The number of aromatic nitrogens is 2. The number of hydrogen-bond donors (Lipinski definition) is 0. The summed E-state index contributed by atoms with van der Waals surface area (Å²) in [5.74, 6) is 1.20. The van der Waals surface area contributed by atoms with Crippen molar-refractivity contribution in [2.75, 3.05) is 18.1 Å². The van der Waals surface area contributed by atoms with Crippen LogP contribution in [0.15, 0.2) is 6.20 Å². The van der Waals surface area contributed by atoms with Gasteiger partial charge in [-0.05, 0) is 33.1 Å². The number of aryl methyl sites for hydroxylation is 1. The molecule has 1 heterocycles. The largest absolute Gasteiger partial charge is 0.462 e. The van der Waals surface area contributed by atoms with E-state index in [1.807, 2.05) is 6.92 Å². The van der Waals surface area contributed by atoms with Crippen LogP contribution in [0, 0.1) is 0 Å². The lowest BCUT2D eigenvalue weighted by molar-refractivity contribution is 0.0526. The van der Waals surface area contributed by atoms with Crippen LogP contribution in [0.5, 0.6) is 0 Å². The van der Waals surface area contributed by atoms with Crippen LogP contribution in [0.1, 0.15) is 82.9 Å². The first-order chi connectivity index (χ1) is 11.6. The van der Waals surface area contributed by atoms with E-state index in [1.54, 1.807) is 6.20 Å². The molecule has 5 heteroatoms. The Hall–Kier alpha value is -1.65. The highest BCUT2D eigenvalue weighted by Crippen LogP contribution is 2.23. The van der Waals surface area contributed by atoms with Crippen molar-refractivity contribution in [3.63, 3.8) is 0 Å². The van der Waals surface area contributed by atoms with Crippen molar-refractivity contribution in [2.45, 2.75) is 79.2 Å². The molecule has 1 rings (SSSR count). The Labute approximate surface area is 146 Å². The van der Waals surface area contributed by atoms with Crippen LogP contribution in [-0.4, -0.2) is 35.1 Å². The topological polar surface area (TPSA) is 55.3 Å². The van der Waals surface area contributed by atoms with E-state index in [4.69, 9.17) is 9.72 Å². The fourth-order valence-corrected chi connectivity index (χ4v) is 2.76. The second-order valence-corrected chi connectivity index (χ2v) is 6.18. The number of esters is 1. The predicted molar refractivity (Wildman–Crippen MR) is 98.6 cm³/mol. The van der Waals surface area contributed by atoms with Crippen molar-refractivity contribution < 1.29 is 9.53 Å². The first kappa shape index (κ1) is 20.4. The summed E-state index contributed by atoms with van der Waals surface area (Å²) in [6.07, 6.45) is 7.80.